The molecule has 22 heavy (non-hydrogen) atoms. The molecule has 0 unspecified atom stereocenters. The van der Waals surface area contributed by atoms with E-state index in [4.69, 9.17) is 0 Å². The number of aldehydes is 1. The Balaban J connectivity index is 2.19. The fraction of sp³-hybridized carbons (Fsp3) is 0. The standard InChI is InChI=1S/C17H11FO3S/c18-15-5-1-10(7-16(15)21)14-8-11(20)2-4-13(14)17-6-3-12(9-19)22-17/h1-9,20-21H. The Morgan fingerprint density at radius 2 is 1.77 bits per heavy atom. The van der Waals surface area contributed by atoms with Gasteiger partial charge in [0.05, 0.1) is 4.88 Å². The van der Waals surface area contributed by atoms with Crippen molar-refractivity contribution in [3.63, 3.8) is 0 Å². The van der Waals surface area contributed by atoms with Gasteiger partial charge in [0, 0.05) is 4.88 Å². The van der Waals surface area contributed by atoms with Gasteiger partial charge in [-0.2, -0.15) is 0 Å². The van der Waals surface area contributed by atoms with Crippen molar-refractivity contribution >= 4 is 17.6 Å². The number of hydrogen-bond acceptors (Lipinski definition) is 4. The van der Waals surface area contributed by atoms with Crippen molar-refractivity contribution in [3.05, 3.63) is 59.2 Å². The second kappa shape index (κ2) is 5.61. The van der Waals surface area contributed by atoms with E-state index in [0.29, 0.717) is 16.0 Å². The number of aromatic hydroxyl groups is 2. The largest absolute Gasteiger partial charge is 0.508 e. The van der Waals surface area contributed by atoms with Gasteiger partial charge in [0.15, 0.2) is 17.9 Å². The van der Waals surface area contributed by atoms with Crippen molar-refractivity contribution < 1.29 is 19.4 Å². The fourth-order valence-corrected chi connectivity index (χ4v) is 3.09. The van der Waals surface area contributed by atoms with Gasteiger partial charge in [0.25, 0.3) is 0 Å². The molecule has 5 heteroatoms. The minimum atomic E-state index is -0.704. The van der Waals surface area contributed by atoms with E-state index in [2.05, 4.69) is 0 Å². The molecule has 0 spiro atoms. The van der Waals surface area contributed by atoms with Crippen molar-refractivity contribution in [2.75, 3.05) is 0 Å². The molecule has 0 radical (unpaired) electrons. The van der Waals surface area contributed by atoms with E-state index in [1.165, 1.54) is 29.5 Å². The summed E-state index contributed by atoms with van der Waals surface area (Å²) >= 11 is 1.32. The van der Waals surface area contributed by atoms with Gasteiger partial charge in [-0.05, 0) is 59.2 Å². The maximum absolute atomic E-state index is 13.2. The van der Waals surface area contributed by atoms with Crippen LogP contribution in [0.4, 0.5) is 4.39 Å². The maximum atomic E-state index is 13.2. The predicted molar refractivity (Wildman–Crippen MR) is 83.9 cm³/mol. The number of hydrogen-bond donors (Lipinski definition) is 2. The molecule has 110 valence electrons. The summed E-state index contributed by atoms with van der Waals surface area (Å²) in [7, 11) is 0. The fourth-order valence-electron chi connectivity index (χ4n) is 2.23. The highest BCUT2D eigenvalue weighted by Crippen LogP contribution is 2.38. The molecule has 2 aromatic carbocycles. The number of carbonyl (C=O) groups excluding carboxylic acids is 1. The number of phenols is 2. The lowest BCUT2D eigenvalue weighted by Gasteiger charge is -2.10. The van der Waals surface area contributed by atoms with Gasteiger partial charge in [-0.3, -0.25) is 4.79 Å². The van der Waals surface area contributed by atoms with Gasteiger partial charge in [-0.15, -0.1) is 11.3 Å². The minimum absolute atomic E-state index is 0.0646. The lowest BCUT2D eigenvalue weighted by molar-refractivity contribution is 0.112. The molecular formula is C17H11FO3S. The highest BCUT2D eigenvalue weighted by molar-refractivity contribution is 7.17. The third-order valence-electron chi connectivity index (χ3n) is 3.27. The highest BCUT2D eigenvalue weighted by Gasteiger charge is 2.12. The molecule has 2 N–H and O–H groups in total. The highest BCUT2D eigenvalue weighted by atomic mass is 32.1. The Hall–Kier alpha value is -2.66. The molecule has 3 rings (SSSR count). The number of halogens is 1. The van der Waals surface area contributed by atoms with Crippen molar-refractivity contribution in [1.29, 1.82) is 0 Å². The van der Waals surface area contributed by atoms with Gasteiger partial charge < -0.3 is 10.2 Å². The number of thiophene rings is 1. The molecule has 0 bridgehead atoms. The van der Waals surface area contributed by atoms with Crippen LogP contribution in [-0.2, 0) is 0 Å². The third-order valence-corrected chi connectivity index (χ3v) is 4.31. The lowest BCUT2D eigenvalue weighted by Crippen LogP contribution is -1.85. The first-order chi connectivity index (χ1) is 10.6. The van der Waals surface area contributed by atoms with Gasteiger partial charge in [-0.25, -0.2) is 4.39 Å². The van der Waals surface area contributed by atoms with Gasteiger partial charge >= 0.3 is 0 Å². The summed E-state index contributed by atoms with van der Waals surface area (Å²) < 4.78 is 13.2. The Kier molecular flexibility index (Phi) is 3.65. The van der Waals surface area contributed by atoms with Crippen LogP contribution < -0.4 is 0 Å². The summed E-state index contributed by atoms with van der Waals surface area (Å²) in [5, 5.41) is 19.3. The monoisotopic (exact) mass is 314 g/mol. The molecule has 0 amide bonds. The second-order valence-electron chi connectivity index (χ2n) is 4.72. The first-order valence-corrected chi connectivity index (χ1v) is 7.27. The van der Waals surface area contributed by atoms with Crippen LogP contribution in [0.5, 0.6) is 11.5 Å². The zero-order valence-electron chi connectivity index (χ0n) is 11.3. The smallest absolute Gasteiger partial charge is 0.164 e. The van der Waals surface area contributed by atoms with E-state index in [9.17, 15) is 19.4 Å². The number of rotatable bonds is 3. The molecule has 1 aromatic heterocycles. The molecule has 0 aliphatic carbocycles. The zero-order chi connectivity index (χ0) is 15.7. The topological polar surface area (TPSA) is 57.5 Å². The summed E-state index contributed by atoms with van der Waals surface area (Å²) in [5.74, 6) is -1.09. The van der Waals surface area contributed by atoms with Gasteiger partial charge in [0.1, 0.15) is 5.75 Å². The summed E-state index contributed by atoms with van der Waals surface area (Å²) in [4.78, 5) is 12.3. The lowest BCUT2D eigenvalue weighted by atomic mass is 9.98. The average molecular weight is 314 g/mol. The zero-order valence-corrected chi connectivity index (χ0v) is 12.1. The van der Waals surface area contributed by atoms with Crippen LogP contribution in [0, 0.1) is 5.82 Å². The van der Waals surface area contributed by atoms with E-state index in [0.717, 1.165) is 16.7 Å². The van der Waals surface area contributed by atoms with E-state index in [1.54, 1.807) is 24.3 Å². The summed E-state index contributed by atoms with van der Waals surface area (Å²) in [6.07, 6.45) is 0.776. The first-order valence-electron chi connectivity index (χ1n) is 6.46. The van der Waals surface area contributed by atoms with E-state index in [1.807, 2.05) is 6.07 Å². The Morgan fingerprint density at radius 1 is 0.955 bits per heavy atom. The minimum Gasteiger partial charge on any atom is -0.508 e. The van der Waals surface area contributed by atoms with Crippen LogP contribution in [0.3, 0.4) is 0 Å². The molecule has 0 aliphatic rings. The Bertz CT molecular complexity index is 855. The van der Waals surface area contributed by atoms with Crippen molar-refractivity contribution in [3.8, 4) is 33.1 Å². The Labute approximate surface area is 129 Å². The quantitative estimate of drug-likeness (QED) is 0.702. The van der Waals surface area contributed by atoms with Gasteiger partial charge in [-0.1, -0.05) is 6.07 Å². The van der Waals surface area contributed by atoms with Crippen molar-refractivity contribution in [1.82, 2.24) is 0 Å². The van der Waals surface area contributed by atoms with Gasteiger partial charge in [0.2, 0.25) is 0 Å². The number of phenolic OH excluding ortho intramolecular Hbond substituents is 2. The maximum Gasteiger partial charge on any atom is 0.164 e. The van der Waals surface area contributed by atoms with Crippen LogP contribution in [0.15, 0.2) is 48.5 Å². The molecule has 0 saturated carbocycles. The SMILES string of the molecule is O=Cc1ccc(-c2ccc(O)cc2-c2ccc(F)c(O)c2)s1. The first kappa shape index (κ1) is 14.3. The van der Waals surface area contributed by atoms with Crippen LogP contribution >= 0.6 is 11.3 Å². The molecule has 1 heterocycles. The molecule has 3 aromatic rings. The van der Waals surface area contributed by atoms with Crippen LogP contribution in [0.1, 0.15) is 9.67 Å². The summed E-state index contributed by atoms with van der Waals surface area (Å²) in [5.41, 5.74) is 2.02. The summed E-state index contributed by atoms with van der Waals surface area (Å²) in [6.45, 7) is 0. The molecule has 0 aliphatic heterocycles. The third kappa shape index (κ3) is 2.58. The molecule has 0 fully saturated rings. The van der Waals surface area contributed by atoms with E-state index < -0.39 is 11.6 Å². The number of benzene rings is 2. The molecule has 0 atom stereocenters. The normalized spacial score (nSPS) is 10.6. The molecule has 0 saturated heterocycles. The van der Waals surface area contributed by atoms with Crippen LogP contribution in [0.25, 0.3) is 21.6 Å². The van der Waals surface area contributed by atoms with E-state index >= 15 is 0 Å². The van der Waals surface area contributed by atoms with Crippen molar-refractivity contribution in [2.24, 2.45) is 0 Å². The van der Waals surface area contributed by atoms with Crippen molar-refractivity contribution in [2.45, 2.75) is 0 Å². The molecule has 3 nitrogen and oxygen atoms in total. The van der Waals surface area contributed by atoms with Crippen LogP contribution in [0.2, 0.25) is 0 Å². The number of carbonyl (C=O) groups is 1. The summed E-state index contributed by atoms with van der Waals surface area (Å²) in [6, 6.07) is 12.4. The van der Waals surface area contributed by atoms with Crippen LogP contribution in [-0.4, -0.2) is 16.5 Å². The average Bonchev–Trinajstić information content (AvgIpc) is 2.99. The van der Waals surface area contributed by atoms with E-state index in [-0.39, 0.29) is 5.75 Å². The Morgan fingerprint density at radius 3 is 2.45 bits per heavy atom. The predicted octanol–water partition coefficient (Wildman–Crippen LogP) is 4.44. The molecular weight excluding hydrogens is 303 g/mol. The second-order valence-corrected chi connectivity index (χ2v) is 5.83.